The molecule has 0 spiro atoms. The van der Waals surface area contributed by atoms with Gasteiger partial charge in [0.05, 0.1) is 5.52 Å². The van der Waals surface area contributed by atoms with Gasteiger partial charge >= 0.3 is 0 Å². The Hall–Kier alpha value is -3.71. The third kappa shape index (κ3) is 5.12. The molecule has 0 bridgehead atoms. The van der Waals surface area contributed by atoms with E-state index in [0.717, 1.165) is 22.0 Å². The molecule has 6 nitrogen and oxygen atoms in total. The van der Waals surface area contributed by atoms with Gasteiger partial charge in [-0.2, -0.15) is 0 Å². The van der Waals surface area contributed by atoms with Crippen LogP contribution in [0.15, 0.2) is 79.3 Å². The lowest BCUT2D eigenvalue weighted by Crippen LogP contribution is -2.47. The van der Waals surface area contributed by atoms with Crippen molar-refractivity contribution in [3.8, 4) is 5.75 Å². The van der Waals surface area contributed by atoms with Crippen molar-refractivity contribution < 1.29 is 13.9 Å². The molecule has 0 saturated heterocycles. The van der Waals surface area contributed by atoms with E-state index in [1.165, 1.54) is 18.5 Å². The van der Waals surface area contributed by atoms with Crippen LogP contribution in [-0.2, 0) is 17.8 Å². The Kier molecular flexibility index (Phi) is 6.18. The molecule has 0 radical (unpaired) electrons. The molecule has 0 aliphatic carbocycles. The first-order valence-electron chi connectivity index (χ1n) is 9.84. The van der Waals surface area contributed by atoms with Crippen LogP contribution in [0.1, 0.15) is 11.1 Å². The van der Waals surface area contributed by atoms with Crippen molar-refractivity contribution in [3.63, 3.8) is 0 Å². The number of nitrogens with zero attached hydrogens (tertiary/aromatic N) is 2. The molecule has 32 heavy (non-hydrogen) atoms. The molecule has 0 fully saturated rings. The van der Waals surface area contributed by atoms with E-state index in [1.54, 1.807) is 42.6 Å². The van der Waals surface area contributed by atoms with E-state index in [-0.39, 0.29) is 18.8 Å². The summed E-state index contributed by atoms with van der Waals surface area (Å²) in [6, 6.07) is 18.7. The second kappa shape index (κ2) is 9.20. The first kappa shape index (κ1) is 21.5. The van der Waals surface area contributed by atoms with E-state index in [1.807, 2.05) is 18.2 Å². The molecule has 1 amide bonds. The van der Waals surface area contributed by atoms with Crippen molar-refractivity contribution in [3.05, 3.63) is 96.2 Å². The second-order valence-electron chi connectivity index (χ2n) is 7.33. The third-order valence-electron chi connectivity index (χ3n) is 4.90. The molecule has 1 atom stereocenters. The fourth-order valence-electron chi connectivity index (χ4n) is 3.27. The maximum atomic E-state index is 13.3. The first-order chi connectivity index (χ1) is 15.4. The lowest BCUT2D eigenvalue weighted by molar-refractivity contribution is -0.119. The maximum Gasteiger partial charge on any atom is 0.259 e. The fourth-order valence-corrected chi connectivity index (χ4v) is 3.54. The summed E-state index contributed by atoms with van der Waals surface area (Å²) < 4.78 is 19.0. The Morgan fingerprint density at radius 3 is 2.66 bits per heavy atom. The molecular formula is C24H20ClFN4O2. The Morgan fingerprint density at radius 2 is 1.91 bits per heavy atom. The number of fused-ring (bicyclic) bond motifs is 1. The van der Waals surface area contributed by atoms with Crippen LogP contribution in [0.3, 0.4) is 0 Å². The maximum absolute atomic E-state index is 13.3. The average Bonchev–Trinajstić information content (AvgIpc) is 2.78. The summed E-state index contributed by atoms with van der Waals surface area (Å²) in [6.07, 6.45) is 3.33. The molecule has 3 N–H and O–H groups in total. The van der Waals surface area contributed by atoms with E-state index in [9.17, 15) is 9.18 Å². The normalized spacial score (nSPS) is 12.8. The molecule has 0 saturated carbocycles. The summed E-state index contributed by atoms with van der Waals surface area (Å²) in [4.78, 5) is 18.9. The molecular weight excluding hydrogens is 431 g/mol. The highest BCUT2D eigenvalue weighted by Gasteiger charge is 2.34. The van der Waals surface area contributed by atoms with Gasteiger partial charge in [0.1, 0.15) is 24.5 Å². The average molecular weight is 451 g/mol. The van der Waals surface area contributed by atoms with Crippen LogP contribution in [0.5, 0.6) is 5.75 Å². The van der Waals surface area contributed by atoms with Crippen LogP contribution in [0.25, 0.3) is 10.9 Å². The largest absolute Gasteiger partial charge is 0.489 e. The number of hydrogen-bond acceptors (Lipinski definition) is 5. The van der Waals surface area contributed by atoms with Crippen LogP contribution in [0, 0.1) is 5.82 Å². The number of nitrogens with one attached hydrogen (secondary N) is 1. The van der Waals surface area contributed by atoms with E-state index in [2.05, 4.69) is 15.3 Å². The van der Waals surface area contributed by atoms with E-state index < -0.39 is 10.9 Å². The van der Waals surface area contributed by atoms with Crippen LogP contribution < -0.4 is 15.8 Å². The zero-order valence-corrected chi connectivity index (χ0v) is 17.7. The predicted octanol–water partition coefficient (Wildman–Crippen LogP) is 4.42. The monoisotopic (exact) mass is 450 g/mol. The number of amides is 1. The number of alkyl halides is 1. The summed E-state index contributed by atoms with van der Waals surface area (Å²) in [7, 11) is 0. The molecule has 1 heterocycles. The highest BCUT2D eigenvalue weighted by Crippen LogP contribution is 2.27. The smallest absolute Gasteiger partial charge is 0.259 e. The van der Waals surface area contributed by atoms with E-state index in [0.29, 0.717) is 11.4 Å². The summed E-state index contributed by atoms with van der Waals surface area (Å²) in [5.74, 6) is -0.418. The van der Waals surface area contributed by atoms with Gasteiger partial charge in [-0.25, -0.2) is 14.4 Å². The Balaban J connectivity index is 1.45. The van der Waals surface area contributed by atoms with Crippen LogP contribution in [0.2, 0.25) is 0 Å². The number of primary amides is 1. The molecule has 3 aromatic carbocycles. The molecule has 1 unspecified atom stereocenters. The van der Waals surface area contributed by atoms with Gasteiger partial charge in [-0.15, -0.1) is 0 Å². The van der Waals surface area contributed by atoms with Gasteiger partial charge in [0.25, 0.3) is 5.91 Å². The summed E-state index contributed by atoms with van der Waals surface area (Å²) in [6.45, 7) is 0.233. The van der Waals surface area contributed by atoms with Gasteiger partial charge < -0.3 is 15.8 Å². The van der Waals surface area contributed by atoms with Crippen molar-refractivity contribution in [2.24, 2.45) is 5.73 Å². The summed E-state index contributed by atoms with van der Waals surface area (Å²) >= 11 is 6.61. The van der Waals surface area contributed by atoms with Crippen LogP contribution >= 0.6 is 11.6 Å². The second-order valence-corrected chi connectivity index (χ2v) is 7.97. The highest BCUT2D eigenvalue weighted by atomic mass is 35.5. The molecule has 4 rings (SSSR count). The Labute approximate surface area is 189 Å². The molecule has 8 heteroatoms. The van der Waals surface area contributed by atoms with Crippen LogP contribution in [0.4, 0.5) is 10.1 Å². The standard InChI is InChI=1S/C24H20ClFN4O2/c25-24(23(27)31,12-16-4-9-22-18(10-16)13-28-15-29-22)30-20-5-7-21(8-6-20)32-14-17-2-1-3-19(26)11-17/h1-11,13,15,30H,12,14H2,(H2,27,31). The number of aromatic nitrogens is 2. The lowest BCUT2D eigenvalue weighted by Gasteiger charge is -2.26. The first-order valence-corrected chi connectivity index (χ1v) is 10.2. The van der Waals surface area contributed by atoms with Gasteiger partial charge in [-0.05, 0) is 59.7 Å². The minimum Gasteiger partial charge on any atom is -0.489 e. The molecule has 1 aromatic heterocycles. The number of anilines is 1. The van der Waals surface area contributed by atoms with Crippen molar-refractivity contribution >= 4 is 34.1 Å². The zero-order valence-electron chi connectivity index (χ0n) is 17.0. The van der Waals surface area contributed by atoms with Crippen molar-refractivity contribution in [2.45, 2.75) is 18.0 Å². The number of nitrogens with two attached hydrogens (primary N) is 1. The third-order valence-corrected chi connectivity index (χ3v) is 5.31. The number of carbonyl (C=O) groups is 1. The zero-order chi connectivity index (χ0) is 22.6. The number of carbonyl (C=O) groups excluding carboxylic acids is 1. The highest BCUT2D eigenvalue weighted by molar-refractivity contribution is 6.36. The van der Waals surface area contributed by atoms with E-state index >= 15 is 0 Å². The lowest BCUT2D eigenvalue weighted by atomic mass is 10.0. The summed E-state index contributed by atoms with van der Waals surface area (Å²) in [5.41, 5.74) is 8.55. The Bertz CT molecular complexity index is 1250. The van der Waals surface area contributed by atoms with Crippen molar-refractivity contribution in [1.29, 1.82) is 0 Å². The Morgan fingerprint density at radius 1 is 1.09 bits per heavy atom. The molecule has 4 aromatic rings. The van der Waals surface area contributed by atoms with E-state index in [4.69, 9.17) is 22.1 Å². The van der Waals surface area contributed by atoms with Gasteiger partial charge in [-0.1, -0.05) is 29.8 Å². The molecule has 0 aliphatic rings. The number of hydrogen-bond donors (Lipinski definition) is 2. The van der Waals surface area contributed by atoms with Crippen molar-refractivity contribution in [2.75, 3.05) is 5.32 Å². The number of ether oxygens (including phenoxy) is 1. The van der Waals surface area contributed by atoms with Crippen LogP contribution in [-0.4, -0.2) is 20.9 Å². The van der Waals surface area contributed by atoms with Gasteiger partial charge in [-0.3, -0.25) is 4.79 Å². The number of rotatable bonds is 8. The number of halogens is 2. The van der Waals surface area contributed by atoms with Gasteiger partial charge in [0.15, 0.2) is 5.00 Å². The van der Waals surface area contributed by atoms with Crippen molar-refractivity contribution in [1.82, 2.24) is 9.97 Å². The SMILES string of the molecule is NC(=O)C(Cl)(Cc1ccc2ncncc2c1)Nc1ccc(OCc2cccc(F)c2)cc1. The van der Waals surface area contributed by atoms with Gasteiger partial charge in [0.2, 0.25) is 0 Å². The topological polar surface area (TPSA) is 90.1 Å². The summed E-state index contributed by atoms with van der Waals surface area (Å²) in [5, 5.41) is 3.86. The fraction of sp³-hybridized carbons (Fsp3) is 0.125. The minimum atomic E-state index is -1.53. The predicted molar refractivity (Wildman–Crippen MR) is 122 cm³/mol. The molecule has 162 valence electrons. The quantitative estimate of drug-likeness (QED) is 0.306. The number of benzene rings is 3. The van der Waals surface area contributed by atoms with Gasteiger partial charge in [0, 0.05) is 23.7 Å². The minimum absolute atomic E-state index is 0.159. The molecule has 0 aliphatic heterocycles.